The molecule has 15 heavy (non-hydrogen) atoms. The Bertz CT molecular complexity index is 495. The quantitative estimate of drug-likeness (QED) is 0.801. The van der Waals surface area contributed by atoms with Gasteiger partial charge in [-0.15, -0.1) is 0 Å². The Morgan fingerprint density at radius 2 is 2.07 bits per heavy atom. The van der Waals surface area contributed by atoms with Gasteiger partial charge in [0.1, 0.15) is 4.60 Å². The van der Waals surface area contributed by atoms with Crippen molar-refractivity contribution in [1.29, 1.82) is 0 Å². The van der Waals surface area contributed by atoms with Crippen LogP contribution in [0.15, 0.2) is 41.1 Å². The summed E-state index contributed by atoms with van der Waals surface area (Å²) in [4.78, 5) is 4.18. The van der Waals surface area contributed by atoms with Crippen LogP contribution in [0, 0.1) is 6.92 Å². The molecule has 0 amide bonds. The largest absolute Gasteiger partial charge is 0.398 e. The molecule has 0 aliphatic rings. The molecule has 0 bridgehead atoms. The maximum absolute atomic E-state index is 5.93. The zero-order valence-electron chi connectivity index (χ0n) is 8.37. The second-order valence-electron chi connectivity index (χ2n) is 3.46. The number of nitrogen functional groups attached to an aromatic ring is 1. The molecule has 0 aliphatic carbocycles. The molecule has 76 valence electrons. The lowest BCUT2D eigenvalue weighted by Gasteiger charge is -2.06. The highest BCUT2D eigenvalue weighted by atomic mass is 79.9. The summed E-state index contributed by atoms with van der Waals surface area (Å²) < 4.78 is 0.761. The first-order valence-electron chi connectivity index (χ1n) is 4.65. The molecule has 2 aromatic rings. The predicted octanol–water partition coefficient (Wildman–Crippen LogP) is 3.40. The minimum absolute atomic E-state index is 0.738. The molecule has 0 fully saturated rings. The normalized spacial score (nSPS) is 10.3. The van der Waals surface area contributed by atoms with E-state index in [1.165, 1.54) is 5.56 Å². The van der Waals surface area contributed by atoms with Gasteiger partial charge in [-0.3, -0.25) is 0 Å². The Labute approximate surface area is 97.3 Å². The number of halogens is 1. The fraction of sp³-hybridized carbons (Fsp3) is 0.0833. The van der Waals surface area contributed by atoms with E-state index in [0.29, 0.717) is 0 Å². The van der Waals surface area contributed by atoms with Crippen molar-refractivity contribution in [1.82, 2.24) is 4.98 Å². The predicted molar refractivity (Wildman–Crippen MR) is 66.5 cm³/mol. The van der Waals surface area contributed by atoms with E-state index < -0.39 is 0 Å². The number of hydrogen-bond donors (Lipinski definition) is 1. The Morgan fingerprint density at radius 3 is 2.73 bits per heavy atom. The second kappa shape index (κ2) is 4.03. The van der Waals surface area contributed by atoms with Crippen LogP contribution in [-0.4, -0.2) is 4.98 Å². The highest BCUT2D eigenvalue weighted by Crippen LogP contribution is 2.27. The highest BCUT2D eigenvalue weighted by Gasteiger charge is 2.03. The van der Waals surface area contributed by atoms with Crippen LogP contribution in [0.2, 0.25) is 0 Å². The van der Waals surface area contributed by atoms with Crippen molar-refractivity contribution < 1.29 is 0 Å². The summed E-state index contributed by atoms with van der Waals surface area (Å²) in [5.41, 5.74) is 9.97. The van der Waals surface area contributed by atoms with Gasteiger partial charge >= 0.3 is 0 Å². The molecule has 1 aromatic carbocycles. The summed E-state index contributed by atoms with van der Waals surface area (Å²) in [6.45, 7) is 2.06. The Kier molecular flexibility index (Phi) is 2.73. The zero-order valence-corrected chi connectivity index (χ0v) is 9.95. The second-order valence-corrected chi connectivity index (χ2v) is 4.28. The number of rotatable bonds is 1. The van der Waals surface area contributed by atoms with Gasteiger partial charge in [0.25, 0.3) is 0 Å². The lowest BCUT2D eigenvalue weighted by atomic mass is 10.0. The van der Waals surface area contributed by atoms with Crippen LogP contribution in [0.25, 0.3) is 11.1 Å². The Morgan fingerprint density at radius 1 is 1.27 bits per heavy atom. The van der Waals surface area contributed by atoms with E-state index in [0.717, 1.165) is 21.4 Å². The first kappa shape index (κ1) is 10.2. The lowest BCUT2D eigenvalue weighted by molar-refractivity contribution is 1.28. The van der Waals surface area contributed by atoms with Gasteiger partial charge in [0.15, 0.2) is 0 Å². The van der Waals surface area contributed by atoms with E-state index in [2.05, 4.69) is 40.0 Å². The molecule has 0 aliphatic heterocycles. The van der Waals surface area contributed by atoms with E-state index in [4.69, 9.17) is 5.73 Å². The van der Waals surface area contributed by atoms with E-state index >= 15 is 0 Å². The monoisotopic (exact) mass is 262 g/mol. The third-order valence-corrected chi connectivity index (χ3v) is 2.67. The number of aryl methyl sites for hydroxylation is 1. The molecule has 1 heterocycles. The first-order chi connectivity index (χ1) is 7.16. The smallest absolute Gasteiger partial charge is 0.108 e. The van der Waals surface area contributed by atoms with Crippen LogP contribution in [0.5, 0.6) is 0 Å². The molecular formula is C12H11BrN2. The molecule has 2 N–H and O–H groups in total. The summed E-state index contributed by atoms with van der Waals surface area (Å²) >= 11 is 3.29. The summed E-state index contributed by atoms with van der Waals surface area (Å²) in [7, 11) is 0. The number of hydrogen-bond acceptors (Lipinski definition) is 2. The van der Waals surface area contributed by atoms with Crippen molar-refractivity contribution in [2.45, 2.75) is 6.92 Å². The fourth-order valence-corrected chi connectivity index (χ4v) is 1.85. The Hall–Kier alpha value is -1.35. The van der Waals surface area contributed by atoms with E-state index in [-0.39, 0.29) is 0 Å². The molecule has 0 unspecified atom stereocenters. The molecule has 0 saturated carbocycles. The average Bonchev–Trinajstić information content (AvgIpc) is 2.17. The highest BCUT2D eigenvalue weighted by molar-refractivity contribution is 9.10. The number of nitrogens with two attached hydrogens (primary N) is 1. The van der Waals surface area contributed by atoms with Gasteiger partial charge in [0, 0.05) is 17.4 Å². The van der Waals surface area contributed by atoms with Crippen molar-refractivity contribution in [3.05, 3.63) is 46.7 Å². The maximum atomic E-state index is 5.93. The molecule has 0 saturated heterocycles. The van der Waals surface area contributed by atoms with Gasteiger partial charge in [-0.25, -0.2) is 4.98 Å². The molecule has 2 rings (SSSR count). The third kappa shape index (κ3) is 2.18. The van der Waals surface area contributed by atoms with E-state index in [9.17, 15) is 0 Å². The van der Waals surface area contributed by atoms with E-state index in [1.54, 1.807) is 6.20 Å². The van der Waals surface area contributed by atoms with Crippen molar-refractivity contribution in [3.63, 3.8) is 0 Å². The van der Waals surface area contributed by atoms with Crippen molar-refractivity contribution >= 4 is 21.6 Å². The Balaban J connectivity index is 2.54. The standard InChI is InChI=1S/C12H11BrN2/c1-8-3-2-4-9(5-8)10-7-15-12(13)6-11(10)14/h2-7H,1H3,(H2,14,15). The van der Waals surface area contributed by atoms with Crippen molar-refractivity contribution in [2.24, 2.45) is 0 Å². The van der Waals surface area contributed by atoms with Crippen LogP contribution in [0.1, 0.15) is 5.56 Å². The van der Waals surface area contributed by atoms with Gasteiger partial charge in [0.05, 0.1) is 0 Å². The SMILES string of the molecule is Cc1cccc(-c2cnc(Br)cc2N)c1. The van der Waals surface area contributed by atoms with Crippen LogP contribution >= 0.6 is 15.9 Å². The fourth-order valence-electron chi connectivity index (χ4n) is 1.50. The number of anilines is 1. The van der Waals surface area contributed by atoms with E-state index in [1.807, 2.05) is 18.2 Å². The maximum Gasteiger partial charge on any atom is 0.108 e. The summed E-state index contributed by atoms with van der Waals surface area (Å²) in [5.74, 6) is 0. The molecule has 0 radical (unpaired) electrons. The summed E-state index contributed by atoms with van der Waals surface area (Å²) in [5, 5.41) is 0. The molecular weight excluding hydrogens is 252 g/mol. The number of pyridine rings is 1. The van der Waals surface area contributed by atoms with Crippen LogP contribution < -0.4 is 5.73 Å². The minimum Gasteiger partial charge on any atom is -0.398 e. The van der Waals surface area contributed by atoms with Crippen molar-refractivity contribution in [3.8, 4) is 11.1 Å². The van der Waals surface area contributed by atoms with Gasteiger partial charge in [0.2, 0.25) is 0 Å². The van der Waals surface area contributed by atoms with Gasteiger partial charge < -0.3 is 5.73 Å². The number of aromatic nitrogens is 1. The number of nitrogens with zero attached hydrogens (tertiary/aromatic N) is 1. The number of benzene rings is 1. The van der Waals surface area contributed by atoms with Crippen LogP contribution in [0.3, 0.4) is 0 Å². The van der Waals surface area contributed by atoms with Crippen LogP contribution in [-0.2, 0) is 0 Å². The lowest BCUT2D eigenvalue weighted by Crippen LogP contribution is -1.92. The molecule has 0 spiro atoms. The zero-order chi connectivity index (χ0) is 10.8. The average molecular weight is 263 g/mol. The van der Waals surface area contributed by atoms with Crippen LogP contribution in [0.4, 0.5) is 5.69 Å². The van der Waals surface area contributed by atoms with Gasteiger partial charge in [-0.05, 0) is 34.5 Å². The van der Waals surface area contributed by atoms with Crippen molar-refractivity contribution in [2.75, 3.05) is 5.73 Å². The summed E-state index contributed by atoms with van der Waals surface area (Å²) in [6.07, 6.45) is 1.79. The minimum atomic E-state index is 0.738. The van der Waals surface area contributed by atoms with Gasteiger partial charge in [-0.2, -0.15) is 0 Å². The third-order valence-electron chi connectivity index (χ3n) is 2.23. The summed E-state index contributed by atoms with van der Waals surface area (Å²) in [6, 6.07) is 10.0. The molecule has 0 atom stereocenters. The molecule has 1 aromatic heterocycles. The molecule has 3 heteroatoms. The topological polar surface area (TPSA) is 38.9 Å². The van der Waals surface area contributed by atoms with Gasteiger partial charge in [-0.1, -0.05) is 29.8 Å². The first-order valence-corrected chi connectivity index (χ1v) is 5.44. The molecule has 2 nitrogen and oxygen atoms in total.